The minimum absolute atomic E-state index is 0.0452. The zero-order valence-corrected chi connectivity index (χ0v) is 39.2. The number of aromatic nitrogens is 3. The number of cyclic esters (lactones) is 1. The molecule has 3 saturated heterocycles. The number of phenolic OH excluding ortho intramolecular Hbond substituents is 1. The predicted molar refractivity (Wildman–Crippen MR) is 266 cm³/mol. The fraction of sp³-hybridized carbons (Fsp3) is 0.250. The van der Waals surface area contributed by atoms with Crippen LogP contribution in [0.4, 0.5) is 21.9 Å². The monoisotopic (exact) mass is 963 g/mol. The number of hydrogen-bond acceptors (Lipinski definition) is 13. The number of methoxy groups -OCH3 is 1. The number of morpholine rings is 2. The summed E-state index contributed by atoms with van der Waals surface area (Å²) in [5.41, 5.74) is 3.56. The third kappa shape index (κ3) is 8.07. The molecule has 0 bridgehead atoms. The molecule has 0 radical (unpaired) electrons. The molecule has 11 rings (SSSR count). The number of benzene rings is 6. The molecule has 6 atom stereocenters. The summed E-state index contributed by atoms with van der Waals surface area (Å²) in [6, 6.07) is 41.8. The van der Waals surface area contributed by atoms with Crippen molar-refractivity contribution in [1.82, 2.24) is 19.9 Å². The zero-order chi connectivity index (χ0) is 49.3. The number of phenols is 1. The highest BCUT2D eigenvalue weighted by atomic mass is 16.6. The Bertz CT molecular complexity index is 3230. The van der Waals surface area contributed by atoms with Gasteiger partial charge < -0.3 is 34.3 Å². The summed E-state index contributed by atoms with van der Waals surface area (Å²) in [6.45, 7) is 2.64. The molecule has 0 saturated carbocycles. The predicted octanol–water partition coefficient (Wildman–Crippen LogP) is 7.11. The topological polar surface area (TPSA) is 178 Å². The maximum Gasteiger partial charge on any atom is 0.421 e. The Morgan fingerprint density at radius 1 is 0.806 bits per heavy atom. The van der Waals surface area contributed by atoms with Crippen molar-refractivity contribution in [3.8, 4) is 17.6 Å². The van der Waals surface area contributed by atoms with E-state index in [1.165, 1.54) is 19.2 Å². The Kier molecular flexibility index (Phi) is 12.4. The van der Waals surface area contributed by atoms with Crippen LogP contribution in [0.5, 0.6) is 5.75 Å². The number of rotatable bonds is 10. The van der Waals surface area contributed by atoms with Crippen LogP contribution in [0.25, 0.3) is 11.0 Å². The van der Waals surface area contributed by atoms with Crippen LogP contribution in [0, 0.1) is 17.8 Å². The number of para-hydroxylation sites is 1. The molecule has 7 aromatic rings. The van der Waals surface area contributed by atoms with Gasteiger partial charge >= 0.3 is 12.1 Å². The maximum absolute atomic E-state index is 16.5. The van der Waals surface area contributed by atoms with Gasteiger partial charge in [-0.2, -0.15) is 0 Å². The molecule has 3 amide bonds. The van der Waals surface area contributed by atoms with Gasteiger partial charge in [-0.25, -0.2) is 14.4 Å². The highest BCUT2D eigenvalue weighted by Crippen LogP contribution is 2.66. The Morgan fingerprint density at radius 2 is 1.51 bits per heavy atom. The molecule has 5 heterocycles. The van der Waals surface area contributed by atoms with Gasteiger partial charge in [0.15, 0.2) is 0 Å². The molecule has 2 N–H and O–H groups in total. The first-order valence-corrected chi connectivity index (χ1v) is 23.8. The molecule has 362 valence electrons. The number of aromatic hydroxyl groups is 1. The average Bonchev–Trinajstić information content (AvgIpc) is 4.06. The van der Waals surface area contributed by atoms with Gasteiger partial charge in [-0.15, -0.1) is 5.10 Å². The van der Waals surface area contributed by atoms with Gasteiger partial charge in [0.1, 0.15) is 42.0 Å². The third-order valence-electron chi connectivity index (χ3n) is 14.0. The number of esters is 1. The van der Waals surface area contributed by atoms with E-state index < -0.39 is 59.4 Å². The zero-order valence-electron chi connectivity index (χ0n) is 39.2. The van der Waals surface area contributed by atoms with Crippen LogP contribution >= 0.6 is 0 Å². The van der Waals surface area contributed by atoms with E-state index in [0.29, 0.717) is 54.2 Å². The molecule has 4 aliphatic heterocycles. The molecule has 0 aliphatic carbocycles. The number of ether oxygens (including phenoxy) is 4. The second-order valence-corrected chi connectivity index (χ2v) is 18.0. The van der Waals surface area contributed by atoms with E-state index in [-0.39, 0.29) is 36.8 Å². The molecule has 72 heavy (non-hydrogen) atoms. The Morgan fingerprint density at radius 3 is 2.25 bits per heavy atom. The first kappa shape index (κ1) is 46.0. The van der Waals surface area contributed by atoms with E-state index in [4.69, 9.17) is 18.9 Å². The number of nitrogens with zero attached hydrogens (tertiary/aromatic N) is 6. The number of carbonyl (C=O) groups excluding carboxylic acids is 4. The summed E-state index contributed by atoms with van der Waals surface area (Å²) < 4.78 is 24.8. The van der Waals surface area contributed by atoms with Crippen molar-refractivity contribution >= 4 is 52.0 Å². The van der Waals surface area contributed by atoms with E-state index in [1.54, 1.807) is 47.1 Å². The van der Waals surface area contributed by atoms with Gasteiger partial charge in [-0.1, -0.05) is 102 Å². The first-order valence-electron chi connectivity index (χ1n) is 23.8. The van der Waals surface area contributed by atoms with Crippen LogP contribution in [0.15, 0.2) is 152 Å². The lowest BCUT2D eigenvalue weighted by Crippen LogP contribution is -2.54. The molecule has 1 aromatic heterocycles. The van der Waals surface area contributed by atoms with E-state index >= 15 is 14.4 Å². The van der Waals surface area contributed by atoms with Gasteiger partial charge in [-0.3, -0.25) is 19.3 Å². The minimum atomic E-state index is -2.08. The molecule has 6 aromatic carbocycles. The van der Waals surface area contributed by atoms with E-state index in [1.807, 2.05) is 102 Å². The van der Waals surface area contributed by atoms with Crippen molar-refractivity contribution in [2.24, 2.45) is 5.92 Å². The van der Waals surface area contributed by atoms with Crippen molar-refractivity contribution < 1.29 is 43.2 Å². The van der Waals surface area contributed by atoms with Crippen LogP contribution in [-0.4, -0.2) is 102 Å². The number of hydrogen-bond donors (Lipinski definition) is 2. The molecule has 4 aliphatic rings. The van der Waals surface area contributed by atoms with Crippen LogP contribution < -0.4 is 15.1 Å². The fourth-order valence-electron chi connectivity index (χ4n) is 10.9. The van der Waals surface area contributed by atoms with Crippen LogP contribution in [0.1, 0.15) is 46.0 Å². The molecule has 3 fully saturated rings. The number of anilines is 3. The Hall–Kier alpha value is -8.36. The SMILES string of the molecule is COCCOC(=O)N1C(=O)C2(c3cc(C#CCn4nnc5ccccc54)ccc31)C(C(=O)Nc1ccc(N3CCOCC3)cc1)C1C(=O)OC(c3ccccc3)C(c3ccccc3)N1C2c1ccc(O)cc1. The average molecular weight is 964 g/mol. The van der Waals surface area contributed by atoms with Gasteiger partial charge in [-0.05, 0) is 89.0 Å². The summed E-state index contributed by atoms with van der Waals surface area (Å²) in [6.07, 6.45) is -1.93. The van der Waals surface area contributed by atoms with E-state index in [0.717, 1.165) is 21.7 Å². The fourth-order valence-corrected chi connectivity index (χ4v) is 10.9. The lowest BCUT2D eigenvalue weighted by molar-refractivity contribution is -0.177. The largest absolute Gasteiger partial charge is 0.508 e. The smallest absolute Gasteiger partial charge is 0.421 e. The van der Waals surface area contributed by atoms with Crippen molar-refractivity contribution in [1.29, 1.82) is 0 Å². The molecule has 16 nitrogen and oxygen atoms in total. The number of amides is 3. The van der Waals surface area contributed by atoms with Crippen LogP contribution in [-0.2, 0) is 45.3 Å². The van der Waals surface area contributed by atoms with Crippen LogP contribution in [0.3, 0.4) is 0 Å². The number of carbonyl (C=O) groups is 4. The standard InChI is InChI=1S/C56H49N7O9/c1-69-33-34-71-55(68)62-45-27-18-36(11-10-28-61-46-17-9-8-16-44(46)58-59-61)35-43(45)56(54(62)67)47(52(65)57-40-21-23-41(24-22-40)60-29-31-70-32-30-60)49-53(66)72-50(38-14-6-3-7-15-38)48(37-12-4-2-5-13-37)63(49)51(56)39-19-25-42(64)26-20-39/h2-9,12-27,35,47-51,64H,28-34H2,1H3,(H,57,65). The van der Waals surface area contributed by atoms with Crippen molar-refractivity contribution in [2.45, 2.75) is 36.2 Å². The van der Waals surface area contributed by atoms with Gasteiger partial charge in [0.05, 0.1) is 49.0 Å². The minimum Gasteiger partial charge on any atom is -0.508 e. The molecular weight excluding hydrogens is 915 g/mol. The summed E-state index contributed by atoms with van der Waals surface area (Å²) in [5, 5.41) is 22.5. The summed E-state index contributed by atoms with van der Waals surface area (Å²) in [5.74, 6) is 2.62. The quantitative estimate of drug-likeness (QED) is 0.0806. The van der Waals surface area contributed by atoms with Crippen molar-refractivity contribution in [3.63, 3.8) is 0 Å². The van der Waals surface area contributed by atoms with Crippen LogP contribution in [0.2, 0.25) is 0 Å². The number of imide groups is 1. The second-order valence-electron chi connectivity index (χ2n) is 18.0. The van der Waals surface area contributed by atoms with Gasteiger partial charge in [0.2, 0.25) is 11.8 Å². The lowest BCUT2D eigenvalue weighted by atomic mass is 9.65. The highest BCUT2D eigenvalue weighted by Gasteiger charge is 2.75. The summed E-state index contributed by atoms with van der Waals surface area (Å²) >= 11 is 0. The number of nitrogens with one attached hydrogen (secondary N) is 1. The van der Waals surface area contributed by atoms with Gasteiger partial charge in [0.25, 0.3) is 0 Å². The Labute approximate surface area is 414 Å². The highest BCUT2D eigenvalue weighted by molar-refractivity contribution is 6.24. The van der Waals surface area contributed by atoms with Gasteiger partial charge in [0, 0.05) is 37.1 Å². The van der Waals surface area contributed by atoms with E-state index in [9.17, 15) is 9.90 Å². The van der Waals surface area contributed by atoms with Crippen molar-refractivity contribution in [2.75, 3.05) is 61.7 Å². The summed E-state index contributed by atoms with van der Waals surface area (Å²) in [4.78, 5) is 67.5. The molecule has 16 heteroatoms. The molecule has 6 unspecified atom stereocenters. The Balaban J connectivity index is 1.14. The molecular formula is C56H49N7O9. The van der Waals surface area contributed by atoms with E-state index in [2.05, 4.69) is 32.4 Å². The second kappa shape index (κ2) is 19.4. The third-order valence-corrected chi connectivity index (χ3v) is 14.0. The normalized spacial score (nSPS) is 22.5. The first-order chi connectivity index (χ1) is 35.3. The lowest BCUT2D eigenvalue weighted by Gasteiger charge is -2.46. The molecule has 1 spiro atoms. The maximum atomic E-state index is 16.5. The summed E-state index contributed by atoms with van der Waals surface area (Å²) in [7, 11) is 1.47. The van der Waals surface area contributed by atoms with Crippen molar-refractivity contribution in [3.05, 3.63) is 179 Å². The number of fused-ring (bicyclic) bond motifs is 4.